The van der Waals surface area contributed by atoms with E-state index in [0.29, 0.717) is 10.2 Å². The molecule has 0 aliphatic heterocycles. The Morgan fingerprint density at radius 3 is 2.48 bits per heavy atom. The number of nitrogens with zero attached hydrogens (tertiary/aromatic N) is 1. The number of nitrogens with one attached hydrogen (secondary N) is 1. The summed E-state index contributed by atoms with van der Waals surface area (Å²) in [5.41, 5.74) is 0.462. The molecule has 0 spiro atoms. The molecule has 1 aromatic heterocycles. The Kier molecular flexibility index (Phi) is 3.65. The first-order valence-corrected chi connectivity index (χ1v) is 8.46. The van der Waals surface area contributed by atoms with E-state index in [-0.39, 0.29) is 4.90 Å². The van der Waals surface area contributed by atoms with Gasteiger partial charge in [-0.3, -0.25) is 9.71 Å². The molecule has 0 saturated heterocycles. The van der Waals surface area contributed by atoms with Crippen molar-refractivity contribution < 1.29 is 8.42 Å². The highest BCUT2D eigenvalue weighted by molar-refractivity contribution is 9.10. The molecule has 0 fully saturated rings. The second kappa shape index (κ2) is 5.46. The molecule has 0 saturated carbocycles. The molecule has 0 aliphatic rings. The van der Waals surface area contributed by atoms with Crippen molar-refractivity contribution in [2.75, 3.05) is 4.72 Å². The molecule has 3 aromatic rings. The molecule has 0 bridgehead atoms. The highest BCUT2D eigenvalue weighted by Gasteiger charge is 2.18. The normalized spacial score (nSPS) is 11.5. The van der Waals surface area contributed by atoms with E-state index in [1.165, 1.54) is 6.20 Å². The minimum Gasteiger partial charge on any atom is -0.277 e. The van der Waals surface area contributed by atoms with Gasteiger partial charge >= 0.3 is 0 Å². The van der Waals surface area contributed by atoms with Crippen LogP contribution in [0.5, 0.6) is 0 Å². The molecular weight excluding hydrogens is 352 g/mol. The van der Waals surface area contributed by atoms with Crippen LogP contribution in [-0.4, -0.2) is 13.4 Å². The minimum absolute atomic E-state index is 0.193. The quantitative estimate of drug-likeness (QED) is 0.770. The zero-order valence-electron chi connectivity index (χ0n) is 10.8. The molecular formula is C15H11BrN2O2S. The molecule has 0 amide bonds. The second-order valence-electron chi connectivity index (χ2n) is 4.44. The molecule has 1 heterocycles. The van der Waals surface area contributed by atoms with Gasteiger partial charge in [0.2, 0.25) is 0 Å². The predicted molar refractivity (Wildman–Crippen MR) is 86.7 cm³/mol. The van der Waals surface area contributed by atoms with Gasteiger partial charge in [-0.2, -0.15) is 0 Å². The van der Waals surface area contributed by atoms with Gasteiger partial charge in [-0.25, -0.2) is 8.42 Å². The maximum Gasteiger partial charge on any atom is 0.263 e. The SMILES string of the molecule is O=S(=O)(Nc1cncc2ccccc12)c1ccccc1Br. The standard InChI is InChI=1S/C15H11BrN2O2S/c16-13-7-3-4-8-15(13)21(19,20)18-14-10-17-9-11-5-1-2-6-12(11)14/h1-10,18H. The van der Waals surface area contributed by atoms with Crippen molar-refractivity contribution in [3.8, 4) is 0 Å². The average Bonchev–Trinajstić information content (AvgIpc) is 2.47. The lowest BCUT2D eigenvalue weighted by Crippen LogP contribution is -2.13. The largest absolute Gasteiger partial charge is 0.277 e. The number of halogens is 1. The number of fused-ring (bicyclic) bond motifs is 1. The number of rotatable bonds is 3. The smallest absolute Gasteiger partial charge is 0.263 e. The number of benzene rings is 2. The number of anilines is 1. The second-order valence-corrected chi connectivity index (χ2v) is 6.95. The van der Waals surface area contributed by atoms with Crippen LogP contribution in [0.3, 0.4) is 0 Å². The van der Waals surface area contributed by atoms with Crippen molar-refractivity contribution in [3.05, 3.63) is 65.4 Å². The van der Waals surface area contributed by atoms with Crippen LogP contribution in [0.1, 0.15) is 0 Å². The molecule has 106 valence electrons. The maximum absolute atomic E-state index is 12.5. The van der Waals surface area contributed by atoms with E-state index in [9.17, 15) is 8.42 Å². The van der Waals surface area contributed by atoms with Crippen molar-refractivity contribution in [1.82, 2.24) is 4.98 Å². The molecule has 1 N–H and O–H groups in total. The summed E-state index contributed by atoms with van der Waals surface area (Å²) in [4.78, 5) is 4.27. The van der Waals surface area contributed by atoms with E-state index in [1.807, 2.05) is 24.3 Å². The van der Waals surface area contributed by atoms with Crippen molar-refractivity contribution in [1.29, 1.82) is 0 Å². The highest BCUT2D eigenvalue weighted by Crippen LogP contribution is 2.27. The van der Waals surface area contributed by atoms with Gasteiger partial charge in [-0.05, 0) is 28.1 Å². The van der Waals surface area contributed by atoms with Gasteiger partial charge in [-0.1, -0.05) is 36.4 Å². The first-order valence-electron chi connectivity index (χ1n) is 6.18. The van der Waals surface area contributed by atoms with E-state index < -0.39 is 10.0 Å². The Bertz CT molecular complexity index is 905. The maximum atomic E-state index is 12.5. The van der Waals surface area contributed by atoms with Crippen LogP contribution < -0.4 is 4.72 Å². The number of aromatic nitrogens is 1. The highest BCUT2D eigenvalue weighted by atomic mass is 79.9. The first-order chi connectivity index (χ1) is 10.1. The van der Waals surface area contributed by atoms with Crippen LogP contribution in [-0.2, 0) is 10.0 Å². The van der Waals surface area contributed by atoms with Crippen LogP contribution >= 0.6 is 15.9 Å². The van der Waals surface area contributed by atoms with E-state index in [0.717, 1.165) is 10.8 Å². The molecule has 2 aromatic carbocycles. The van der Waals surface area contributed by atoms with Crippen LogP contribution in [0.25, 0.3) is 10.8 Å². The monoisotopic (exact) mass is 362 g/mol. The number of hydrogen-bond donors (Lipinski definition) is 1. The van der Waals surface area contributed by atoms with E-state index in [4.69, 9.17) is 0 Å². The van der Waals surface area contributed by atoms with Crippen LogP contribution in [0, 0.1) is 0 Å². The Hall–Kier alpha value is -1.92. The van der Waals surface area contributed by atoms with Crippen molar-refractivity contribution in [2.24, 2.45) is 0 Å². The van der Waals surface area contributed by atoms with Gasteiger partial charge in [0.25, 0.3) is 10.0 Å². The third-order valence-corrected chi connectivity index (χ3v) is 5.42. The summed E-state index contributed by atoms with van der Waals surface area (Å²) in [6, 6.07) is 14.2. The van der Waals surface area contributed by atoms with Crippen LogP contribution in [0.4, 0.5) is 5.69 Å². The Balaban J connectivity index is 2.08. The average molecular weight is 363 g/mol. The minimum atomic E-state index is -3.67. The lowest BCUT2D eigenvalue weighted by atomic mass is 10.1. The van der Waals surface area contributed by atoms with Gasteiger partial charge in [0.05, 0.1) is 11.9 Å². The van der Waals surface area contributed by atoms with Gasteiger partial charge in [0, 0.05) is 21.4 Å². The summed E-state index contributed by atoms with van der Waals surface area (Å²) in [7, 11) is -3.67. The first kappa shape index (κ1) is 14.0. The third-order valence-electron chi connectivity index (χ3n) is 3.04. The van der Waals surface area contributed by atoms with Crippen LogP contribution in [0.2, 0.25) is 0 Å². The van der Waals surface area contributed by atoms with Gasteiger partial charge in [0.1, 0.15) is 4.90 Å². The van der Waals surface area contributed by atoms with Crippen molar-refractivity contribution in [2.45, 2.75) is 4.90 Å². The molecule has 0 atom stereocenters. The van der Waals surface area contributed by atoms with Crippen molar-refractivity contribution >= 4 is 42.4 Å². The Morgan fingerprint density at radius 2 is 1.67 bits per heavy atom. The summed E-state index contributed by atoms with van der Waals surface area (Å²) in [5.74, 6) is 0. The molecule has 0 radical (unpaired) electrons. The fourth-order valence-corrected chi connectivity index (χ4v) is 4.13. The van der Waals surface area contributed by atoms with Crippen LogP contribution in [0.15, 0.2) is 70.3 Å². The van der Waals surface area contributed by atoms with Gasteiger partial charge in [0.15, 0.2) is 0 Å². The van der Waals surface area contributed by atoms with E-state index in [1.54, 1.807) is 30.5 Å². The lowest BCUT2D eigenvalue weighted by Gasteiger charge is -2.11. The van der Waals surface area contributed by atoms with Crippen molar-refractivity contribution in [3.63, 3.8) is 0 Å². The summed E-state index contributed by atoms with van der Waals surface area (Å²) in [6.45, 7) is 0. The topological polar surface area (TPSA) is 59.1 Å². The molecule has 0 unspecified atom stereocenters. The molecule has 4 nitrogen and oxygen atoms in total. The Labute approximate surface area is 131 Å². The molecule has 21 heavy (non-hydrogen) atoms. The zero-order chi connectivity index (χ0) is 14.9. The molecule has 6 heteroatoms. The molecule has 0 aliphatic carbocycles. The number of hydrogen-bond acceptors (Lipinski definition) is 3. The fraction of sp³-hybridized carbons (Fsp3) is 0. The van der Waals surface area contributed by atoms with E-state index in [2.05, 4.69) is 25.6 Å². The Morgan fingerprint density at radius 1 is 0.952 bits per heavy atom. The van der Waals surface area contributed by atoms with Gasteiger partial charge < -0.3 is 0 Å². The lowest BCUT2D eigenvalue weighted by molar-refractivity contribution is 0.601. The van der Waals surface area contributed by atoms with E-state index >= 15 is 0 Å². The summed E-state index contributed by atoms with van der Waals surface area (Å²) < 4.78 is 28.1. The number of pyridine rings is 1. The zero-order valence-corrected chi connectivity index (χ0v) is 13.2. The summed E-state index contributed by atoms with van der Waals surface area (Å²) in [6.07, 6.45) is 3.21. The fourth-order valence-electron chi connectivity index (χ4n) is 2.06. The predicted octanol–water partition coefficient (Wildman–Crippen LogP) is 3.80. The summed E-state index contributed by atoms with van der Waals surface area (Å²) >= 11 is 3.26. The number of sulfonamides is 1. The van der Waals surface area contributed by atoms with Gasteiger partial charge in [-0.15, -0.1) is 0 Å². The molecule has 3 rings (SSSR count). The third kappa shape index (κ3) is 2.77. The summed E-state index contributed by atoms with van der Waals surface area (Å²) in [5, 5.41) is 1.69.